The smallest absolute Gasteiger partial charge is 0.255 e. The van der Waals surface area contributed by atoms with Crippen molar-refractivity contribution < 1.29 is 17.6 Å². The van der Waals surface area contributed by atoms with E-state index in [0.29, 0.717) is 11.4 Å². The largest absolute Gasteiger partial charge is 0.444 e. The minimum absolute atomic E-state index is 0.0791. The zero-order valence-corrected chi connectivity index (χ0v) is 14.6. The van der Waals surface area contributed by atoms with Gasteiger partial charge in [0.15, 0.2) is 22.0 Å². The van der Waals surface area contributed by atoms with Crippen molar-refractivity contribution in [3.63, 3.8) is 0 Å². The number of hydrogen-bond donors (Lipinski definition) is 1. The van der Waals surface area contributed by atoms with E-state index in [-0.39, 0.29) is 15.5 Å². The number of rotatable bonds is 4. The van der Waals surface area contributed by atoms with Crippen molar-refractivity contribution in [2.45, 2.75) is 4.90 Å². The number of anilines is 1. The highest BCUT2D eigenvalue weighted by molar-refractivity contribution is 7.90. The van der Waals surface area contributed by atoms with Gasteiger partial charge >= 0.3 is 0 Å². The molecule has 1 aromatic heterocycles. The topological polar surface area (TPSA) is 89.3 Å². The van der Waals surface area contributed by atoms with E-state index in [1.807, 2.05) is 0 Å². The lowest BCUT2D eigenvalue weighted by molar-refractivity contribution is 0.102. The normalized spacial score (nSPS) is 11.3. The van der Waals surface area contributed by atoms with Crippen molar-refractivity contribution in [2.24, 2.45) is 0 Å². The lowest BCUT2D eigenvalue weighted by Gasteiger charge is -2.08. The van der Waals surface area contributed by atoms with E-state index in [0.717, 1.165) is 11.8 Å². The van der Waals surface area contributed by atoms with Crippen LogP contribution in [0.3, 0.4) is 0 Å². The van der Waals surface area contributed by atoms with E-state index in [9.17, 15) is 13.2 Å². The Balaban J connectivity index is 1.81. The first kappa shape index (κ1) is 17.2. The van der Waals surface area contributed by atoms with Gasteiger partial charge in [0.25, 0.3) is 5.91 Å². The highest BCUT2D eigenvalue weighted by Gasteiger charge is 2.16. The van der Waals surface area contributed by atoms with Gasteiger partial charge in [-0.2, -0.15) is 0 Å². The molecular formula is C17H13ClN2O4S. The summed E-state index contributed by atoms with van der Waals surface area (Å²) in [6.07, 6.45) is 3.97. The summed E-state index contributed by atoms with van der Waals surface area (Å²) in [7, 11) is -3.52. The van der Waals surface area contributed by atoms with Crippen molar-refractivity contribution >= 4 is 33.0 Å². The highest BCUT2D eigenvalue weighted by atomic mass is 35.5. The van der Waals surface area contributed by atoms with Crippen LogP contribution in [0.25, 0.3) is 11.3 Å². The monoisotopic (exact) mass is 376 g/mol. The highest BCUT2D eigenvalue weighted by Crippen LogP contribution is 2.24. The molecule has 8 heteroatoms. The van der Waals surface area contributed by atoms with Gasteiger partial charge in [-0.15, -0.1) is 0 Å². The molecule has 0 unspecified atom stereocenters. The second-order valence-corrected chi connectivity index (χ2v) is 7.71. The average molecular weight is 377 g/mol. The molecule has 0 aliphatic carbocycles. The number of oxazole rings is 1. The number of benzene rings is 2. The number of nitrogens with one attached hydrogen (secondary N) is 1. The third-order valence-corrected chi connectivity index (χ3v) is 5.03. The van der Waals surface area contributed by atoms with Crippen molar-refractivity contribution in [3.05, 3.63) is 65.6 Å². The van der Waals surface area contributed by atoms with Gasteiger partial charge in [-0.3, -0.25) is 4.79 Å². The Morgan fingerprint density at radius 2 is 1.88 bits per heavy atom. The summed E-state index contributed by atoms with van der Waals surface area (Å²) in [5, 5.41) is 2.78. The number of sulfone groups is 1. The van der Waals surface area contributed by atoms with Crippen molar-refractivity contribution in [2.75, 3.05) is 11.6 Å². The third-order valence-electron chi connectivity index (χ3n) is 3.45. The molecule has 3 aromatic rings. The lowest BCUT2D eigenvalue weighted by Crippen LogP contribution is -2.12. The Labute approximate surface area is 149 Å². The van der Waals surface area contributed by atoms with Crippen LogP contribution in [0, 0.1) is 0 Å². The molecule has 128 valence electrons. The van der Waals surface area contributed by atoms with Gasteiger partial charge in [0, 0.05) is 23.1 Å². The number of carbonyl (C=O) groups is 1. The maximum absolute atomic E-state index is 12.3. The first-order chi connectivity index (χ1) is 11.8. The number of halogens is 1. The first-order valence-electron chi connectivity index (χ1n) is 7.14. The van der Waals surface area contributed by atoms with Crippen LogP contribution in [-0.4, -0.2) is 25.6 Å². The summed E-state index contributed by atoms with van der Waals surface area (Å²) in [6.45, 7) is 0. The van der Waals surface area contributed by atoms with Crippen LogP contribution in [0.2, 0.25) is 5.02 Å². The van der Waals surface area contributed by atoms with Gasteiger partial charge in [-0.05, 0) is 42.5 Å². The minimum Gasteiger partial charge on any atom is -0.444 e. The quantitative estimate of drug-likeness (QED) is 0.750. The molecule has 0 fully saturated rings. The van der Waals surface area contributed by atoms with E-state index in [1.165, 1.54) is 24.6 Å². The SMILES string of the molecule is CS(=O)(=O)c1cc(C(=O)Nc2ccc(-c3cnco3)cc2)ccc1Cl. The maximum atomic E-state index is 12.3. The molecule has 0 aliphatic heterocycles. The molecule has 3 rings (SSSR count). The number of nitrogens with zero attached hydrogens (tertiary/aromatic N) is 1. The fourth-order valence-corrected chi connectivity index (χ4v) is 3.51. The van der Waals surface area contributed by atoms with Crippen LogP contribution in [-0.2, 0) is 9.84 Å². The molecule has 0 spiro atoms. The van der Waals surface area contributed by atoms with Crippen LogP contribution in [0.4, 0.5) is 5.69 Å². The van der Waals surface area contributed by atoms with Crippen LogP contribution >= 0.6 is 11.6 Å². The summed E-state index contributed by atoms with van der Waals surface area (Å²) in [5.74, 6) is 0.183. The Bertz CT molecular complexity index is 1010. The van der Waals surface area contributed by atoms with E-state index >= 15 is 0 Å². The zero-order chi connectivity index (χ0) is 18.0. The predicted octanol–water partition coefficient (Wildman–Crippen LogP) is 3.65. The third kappa shape index (κ3) is 3.89. The number of aromatic nitrogens is 1. The van der Waals surface area contributed by atoms with Gasteiger partial charge in [0.05, 0.1) is 16.1 Å². The average Bonchev–Trinajstić information content (AvgIpc) is 3.09. The van der Waals surface area contributed by atoms with Gasteiger partial charge in [0.1, 0.15) is 0 Å². The summed E-state index contributed by atoms with van der Waals surface area (Å²) < 4.78 is 28.6. The maximum Gasteiger partial charge on any atom is 0.255 e. The summed E-state index contributed by atoms with van der Waals surface area (Å²) in [6, 6.07) is 11.1. The summed E-state index contributed by atoms with van der Waals surface area (Å²) >= 11 is 5.89. The van der Waals surface area contributed by atoms with Crippen molar-refractivity contribution in [1.29, 1.82) is 0 Å². The molecule has 0 saturated carbocycles. The number of carbonyl (C=O) groups excluding carboxylic acids is 1. The van der Waals surface area contributed by atoms with Gasteiger partial charge in [-0.25, -0.2) is 13.4 Å². The molecule has 25 heavy (non-hydrogen) atoms. The minimum atomic E-state index is -3.52. The van der Waals surface area contributed by atoms with Crippen molar-refractivity contribution in [1.82, 2.24) is 4.98 Å². The van der Waals surface area contributed by atoms with E-state index in [1.54, 1.807) is 30.5 Å². The molecule has 6 nitrogen and oxygen atoms in total. The fourth-order valence-electron chi connectivity index (χ4n) is 2.21. The Hall–Kier alpha value is -2.64. The Morgan fingerprint density at radius 1 is 1.16 bits per heavy atom. The fraction of sp³-hybridized carbons (Fsp3) is 0.0588. The number of hydrogen-bond acceptors (Lipinski definition) is 5. The molecule has 1 amide bonds. The second-order valence-electron chi connectivity index (χ2n) is 5.31. The van der Waals surface area contributed by atoms with Crippen LogP contribution in [0.15, 0.2) is 64.4 Å². The first-order valence-corrected chi connectivity index (χ1v) is 9.41. The van der Waals surface area contributed by atoms with Crippen molar-refractivity contribution in [3.8, 4) is 11.3 Å². The predicted molar refractivity (Wildman–Crippen MR) is 94.5 cm³/mol. The summed E-state index contributed by atoms with van der Waals surface area (Å²) in [4.78, 5) is 16.1. The molecular weight excluding hydrogens is 364 g/mol. The van der Waals surface area contributed by atoms with Gasteiger partial charge < -0.3 is 9.73 Å². The van der Waals surface area contributed by atoms with Crippen LogP contribution in [0.5, 0.6) is 0 Å². The molecule has 1 N–H and O–H groups in total. The Kier molecular flexibility index (Phi) is 4.61. The van der Waals surface area contributed by atoms with E-state index in [4.69, 9.17) is 16.0 Å². The molecule has 0 atom stereocenters. The van der Waals surface area contributed by atoms with Crippen LogP contribution in [0.1, 0.15) is 10.4 Å². The molecule has 0 aliphatic rings. The molecule has 0 radical (unpaired) electrons. The molecule has 0 saturated heterocycles. The van der Waals surface area contributed by atoms with Gasteiger partial charge in [-0.1, -0.05) is 11.6 Å². The Morgan fingerprint density at radius 3 is 2.48 bits per heavy atom. The second kappa shape index (κ2) is 6.70. The summed E-state index contributed by atoms with van der Waals surface area (Å²) in [5.41, 5.74) is 1.58. The van der Waals surface area contributed by atoms with Crippen LogP contribution < -0.4 is 5.32 Å². The number of amides is 1. The van der Waals surface area contributed by atoms with Gasteiger partial charge in [0.2, 0.25) is 0 Å². The zero-order valence-electron chi connectivity index (χ0n) is 13.1. The molecule has 1 heterocycles. The lowest BCUT2D eigenvalue weighted by atomic mass is 10.1. The standard InChI is InChI=1S/C17H13ClN2O4S/c1-25(22,23)16-8-12(4-7-14(16)18)17(21)20-13-5-2-11(3-6-13)15-9-19-10-24-15/h2-10H,1H3,(H,20,21). The molecule has 0 bridgehead atoms. The van der Waals surface area contributed by atoms with E-state index < -0.39 is 15.7 Å². The van der Waals surface area contributed by atoms with E-state index in [2.05, 4.69) is 10.3 Å². The molecule has 2 aromatic carbocycles.